The summed E-state index contributed by atoms with van der Waals surface area (Å²) >= 11 is 1.24. The van der Waals surface area contributed by atoms with Gasteiger partial charge in [0.25, 0.3) is 17.5 Å². The Hall–Kier alpha value is -5.62. The van der Waals surface area contributed by atoms with Crippen LogP contribution in [0.2, 0.25) is 0 Å². The molecule has 0 aliphatic rings. The summed E-state index contributed by atoms with van der Waals surface area (Å²) < 4.78 is 10.7. The van der Waals surface area contributed by atoms with Gasteiger partial charge in [0.15, 0.2) is 11.5 Å². The van der Waals surface area contributed by atoms with Crippen molar-refractivity contribution in [3.63, 3.8) is 0 Å². The summed E-state index contributed by atoms with van der Waals surface area (Å²) in [6.45, 7) is 0. The summed E-state index contributed by atoms with van der Waals surface area (Å²) in [7, 11) is 3.02. The Labute approximate surface area is 257 Å². The van der Waals surface area contributed by atoms with E-state index in [1.807, 2.05) is 0 Å². The van der Waals surface area contributed by atoms with Crippen LogP contribution in [0, 0.1) is 10.1 Å². The minimum atomic E-state index is -0.567. The number of anilines is 2. The van der Waals surface area contributed by atoms with Gasteiger partial charge in [-0.2, -0.15) is 0 Å². The molecule has 11 nitrogen and oxygen atoms in total. The van der Waals surface area contributed by atoms with Crippen LogP contribution in [0.25, 0.3) is 6.08 Å². The molecule has 4 aromatic rings. The van der Waals surface area contributed by atoms with Crippen LogP contribution in [0.1, 0.15) is 15.9 Å². The summed E-state index contributed by atoms with van der Waals surface area (Å²) in [5.74, 6) is -0.302. The van der Waals surface area contributed by atoms with E-state index in [2.05, 4.69) is 16.0 Å². The number of hydrogen-bond acceptors (Lipinski definition) is 8. The van der Waals surface area contributed by atoms with E-state index in [-0.39, 0.29) is 23.0 Å². The van der Waals surface area contributed by atoms with E-state index >= 15 is 0 Å². The van der Waals surface area contributed by atoms with Crippen LogP contribution in [0.3, 0.4) is 0 Å². The largest absolute Gasteiger partial charge is 0.493 e. The molecule has 0 aliphatic carbocycles. The number of thioether (sulfide) groups is 1. The predicted octanol–water partition coefficient (Wildman–Crippen LogP) is 5.75. The highest BCUT2D eigenvalue weighted by molar-refractivity contribution is 8.00. The number of methoxy groups -OCH3 is 2. The molecule has 44 heavy (non-hydrogen) atoms. The molecule has 0 spiro atoms. The first-order valence-corrected chi connectivity index (χ1v) is 14.1. The maximum Gasteiger partial charge on any atom is 0.272 e. The third-order valence-corrected chi connectivity index (χ3v) is 7.06. The second-order valence-corrected chi connectivity index (χ2v) is 10.2. The van der Waals surface area contributed by atoms with Crippen molar-refractivity contribution in [2.45, 2.75) is 4.90 Å². The number of amides is 3. The minimum absolute atomic E-state index is 0.00777. The summed E-state index contributed by atoms with van der Waals surface area (Å²) in [4.78, 5) is 49.9. The second kappa shape index (κ2) is 15.0. The van der Waals surface area contributed by atoms with Crippen LogP contribution >= 0.6 is 11.8 Å². The van der Waals surface area contributed by atoms with Crippen molar-refractivity contribution >= 4 is 52.6 Å². The van der Waals surface area contributed by atoms with Gasteiger partial charge in [0.05, 0.1) is 24.9 Å². The average Bonchev–Trinajstić information content (AvgIpc) is 3.04. The van der Waals surface area contributed by atoms with Crippen LogP contribution in [-0.4, -0.2) is 42.6 Å². The van der Waals surface area contributed by atoms with Crippen molar-refractivity contribution in [3.8, 4) is 11.5 Å². The lowest BCUT2D eigenvalue weighted by Gasteiger charge is -2.13. The average molecular weight is 613 g/mol. The Kier molecular flexibility index (Phi) is 10.7. The van der Waals surface area contributed by atoms with Gasteiger partial charge < -0.3 is 25.4 Å². The molecule has 0 saturated heterocycles. The molecule has 0 atom stereocenters. The first-order valence-electron chi connectivity index (χ1n) is 13.1. The van der Waals surface area contributed by atoms with Gasteiger partial charge in [-0.25, -0.2) is 0 Å². The molecule has 4 rings (SSSR count). The molecule has 4 aromatic carbocycles. The SMILES string of the molecule is COc1ccc(/C=C(/NC(=O)c2ccccc2)C(=O)Nc2cccc(SCC(=O)Nc3ccc([N+](=O)[O-])cc3)c2)cc1OC. The van der Waals surface area contributed by atoms with E-state index in [0.29, 0.717) is 38.9 Å². The van der Waals surface area contributed by atoms with Crippen LogP contribution < -0.4 is 25.4 Å². The van der Waals surface area contributed by atoms with E-state index in [9.17, 15) is 24.5 Å². The second-order valence-electron chi connectivity index (χ2n) is 9.12. The van der Waals surface area contributed by atoms with E-state index in [1.54, 1.807) is 72.8 Å². The lowest BCUT2D eigenvalue weighted by molar-refractivity contribution is -0.384. The number of nitro groups is 1. The van der Waals surface area contributed by atoms with Crippen molar-refractivity contribution in [1.29, 1.82) is 0 Å². The number of nitrogens with one attached hydrogen (secondary N) is 3. The fourth-order valence-electron chi connectivity index (χ4n) is 3.93. The number of nitro benzene ring substituents is 1. The maximum absolute atomic E-state index is 13.4. The van der Waals surface area contributed by atoms with Crippen molar-refractivity contribution in [1.82, 2.24) is 5.32 Å². The number of carbonyl (C=O) groups excluding carboxylic acids is 3. The Bertz CT molecular complexity index is 1690. The summed E-state index contributed by atoms with van der Waals surface area (Å²) in [6.07, 6.45) is 1.53. The number of ether oxygens (including phenoxy) is 2. The molecule has 0 aromatic heterocycles. The zero-order chi connectivity index (χ0) is 31.5. The standard InChI is InChI=1S/C32H28N4O7S/c1-42-28-16-11-21(18-29(28)43-2)17-27(35-31(38)22-7-4-3-5-8-22)32(39)34-24-9-6-10-26(19-24)44-20-30(37)33-23-12-14-25(15-13-23)36(40)41/h3-19H,20H2,1-2H3,(H,33,37)(H,34,39)(H,35,38)/b27-17+. The quantitative estimate of drug-likeness (QED) is 0.0792. The fourth-order valence-corrected chi connectivity index (χ4v) is 4.68. The van der Waals surface area contributed by atoms with Gasteiger partial charge in [0.2, 0.25) is 5.91 Å². The number of non-ortho nitro benzene ring substituents is 1. The smallest absolute Gasteiger partial charge is 0.272 e. The number of carbonyl (C=O) groups is 3. The normalized spacial score (nSPS) is 10.8. The molecule has 0 fully saturated rings. The summed E-state index contributed by atoms with van der Waals surface area (Å²) in [5, 5.41) is 19.0. The van der Waals surface area contributed by atoms with Gasteiger partial charge in [-0.05, 0) is 66.2 Å². The van der Waals surface area contributed by atoms with Crippen molar-refractivity contribution in [2.75, 3.05) is 30.6 Å². The minimum Gasteiger partial charge on any atom is -0.493 e. The molecule has 0 heterocycles. The summed E-state index contributed by atoms with van der Waals surface area (Å²) in [6, 6.07) is 26.1. The molecular weight excluding hydrogens is 584 g/mol. The third kappa shape index (κ3) is 8.69. The molecule has 224 valence electrons. The van der Waals surface area contributed by atoms with Crippen molar-refractivity contribution < 1.29 is 28.8 Å². The lowest BCUT2D eigenvalue weighted by atomic mass is 10.1. The summed E-state index contributed by atoms with van der Waals surface area (Å²) in [5.41, 5.74) is 1.77. The van der Waals surface area contributed by atoms with E-state index in [4.69, 9.17) is 9.47 Å². The molecule has 0 bridgehead atoms. The number of rotatable bonds is 12. The van der Waals surface area contributed by atoms with E-state index in [1.165, 1.54) is 56.3 Å². The Morgan fingerprint density at radius 2 is 1.55 bits per heavy atom. The van der Waals surface area contributed by atoms with Gasteiger partial charge in [0.1, 0.15) is 5.70 Å². The van der Waals surface area contributed by atoms with Crippen molar-refractivity contribution in [2.24, 2.45) is 0 Å². The molecule has 0 radical (unpaired) electrons. The molecular formula is C32H28N4O7S. The number of nitrogens with zero attached hydrogens (tertiary/aromatic N) is 1. The van der Waals surface area contributed by atoms with Gasteiger partial charge in [-0.15, -0.1) is 11.8 Å². The van der Waals surface area contributed by atoms with E-state index < -0.39 is 16.7 Å². The molecule has 0 saturated carbocycles. The fraction of sp³-hybridized carbons (Fsp3) is 0.0938. The number of hydrogen-bond donors (Lipinski definition) is 3. The zero-order valence-electron chi connectivity index (χ0n) is 23.7. The highest BCUT2D eigenvalue weighted by Gasteiger charge is 2.16. The number of benzene rings is 4. The Morgan fingerprint density at radius 1 is 0.818 bits per heavy atom. The molecule has 0 unspecified atom stereocenters. The van der Waals surface area contributed by atoms with Crippen LogP contribution in [0.15, 0.2) is 108 Å². The van der Waals surface area contributed by atoms with Crippen LogP contribution in [0.4, 0.5) is 17.1 Å². The van der Waals surface area contributed by atoms with Gasteiger partial charge in [-0.3, -0.25) is 24.5 Å². The van der Waals surface area contributed by atoms with Gasteiger partial charge in [-0.1, -0.05) is 30.3 Å². The Balaban J connectivity index is 1.47. The molecule has 3 N–H and O–H groups in total. The monoisotopic (exact) mass is 612 g/mol. The Morgan fingerprint density at radius 3 is 2.23 bits per heavy atom. The topological polar surface area (TPSA) is 149 Å². The first-order chi connectivity index (χ1) is 21.2. The van der Waals surface area contributed by atoms with E-state index in [0.717, 1.165) is 0 Å². The van der Waals surface area contributed by atoms with Gasteiger partial charge >= 0.3 is 0 Å². The predicted molar refractivity (Wildman–Crippen MR) is 169 cm³/mol. The van der Waals surface area contributed by atoms with Gasteiger partial charge in [0, 0.05) is 34.0 Å². The van der Waals surface area contributed by atoms with Crippen LogP contribution in [0.5, 0.6) is 11.5 Å². The highest BCUT2D eigenvalue weighted by atomic mass is 32.2. The third-order valence-electron chi connectivity index (χ3n) is 6.07. The zero-order valence-corrected chi connectivity index (χ0v) is 24.6. The van der Waals surface area contributed by atoms with Crippen molar-refractivity contribution in [3.05, 3.63) is 124 Å². The molecule has 12 heteroatoms. The molecule has 0 aliphatic heterocycles. The first kappa shape index (κ1) is 31.3. The highest BCUT2D eigenvalue weighted by Crippen LogP contribution is 2.29. The van der Waals surface area contributed by atoms with Crippen LogP contribution in [-0.2, 0) is 9.59 Å². The lowest BCUT2D eigenvalue weighted by Crippen LogP contribution is -2.30. The maximum atomic E-state index is 13.4. The molecule has 3 amide bonds.